The summed E-state index contributed by atoms with van der Waals surface area (Å²) < 4.78 is 21.2. The predicted octanol–water partition coefficient (Wildman–Crippen LogP) is 5.46. The summed E-state index contributed by atoms with van der Waals surface area (Å²) in [5, 5.41) is 10.3. The van der Waals surface area contributed by atoms with Crippen LogP contribution in [0.1, 0.15) is 15.9 Å². The van der Waals surface area contributed by atoms with Crippen LogP contribution in [0.3, 0.4) is 0 Å². The van der Waals surface area contributed by atoms with Crippen molar-refractivity contribution in [3.63, 3.8) is 0 Å². The van der Waals surface area contributed by atoms with Gasteiger partial charge in [-0.1, -0.05) is 17.7 Å². The molecule has 1 aromatic heterocycles. The topological polar surface area (TPSA) is 71.5 Å². The third-order valence-electron chi connectivity index (χ3n) is 3.97. The van der Waals surface area contributed by atoms with E-state index in [2.05, 4.69) is 14.4 Å². The van der Waals surface area contributed by atoms with Gasteiger partial charge in [-0.3, -0.25) is 0 Å². The number of anilines is 1. The van der Waals surface area contributed by atoms with Crippen molar-refractivity contribution in [2.24, 2.45) is 0 Å². The monoisotopic (exact) mass is 418 g/mol. The zero-order chi connectivity index (χ0) is 20.3. The van der Waals surface area contributed by atoms with Gasteiger partial charge in [0.1, 0.15) is 22.3 Å². The number of benzene rings is 2. The molecule has 0 bridgehead atoms. The van der Waals surface area contributed by atoms with Crippen LogP contribution in [-0.4, -0.2) is 23.2 Å². The van der Waals surface area contributed by atoms with Gasteiger partial charge in [-0.05, 0) is 60.3 Å². The van der Waals surface area contributed by atoms with Gasteiger partial charge in [0.15, 0.2) is 0 Å². The molecule has 2 aromatic carbocycles. The first kappa shape index (κ1) is 20.0. The Kier molecular flexibility index (Phi) is 6.06. The summed E-state index contributed by atoms with van der Waals surface area (Å²) in [4.78, 5) is 16.5. The zero-order valence-electron chi connectivity index (χ0n) is 15.0. The van der Waals surface area contributed by atoms with E-state index in [0.717, 1.165) is 10.5 Å². The molecule has 3 rings (SSSR count). The number of phenols is 1. The van der Waals surface area contributed by atoms with E-state index >= 15 is 0 Å². The summed E-state index contributed by atoms with van der Waals surface area (Å²) in [6.07, 6.45) is 1.60. The van der Waals surface area contributed by atoms with Gasteiger partial charge >= 0.3 is 5.97 Å². The molecule has 0 fully saturated rings. The number of esters is 1. The average molecular weight is 419 g/mol. The minimum atomic E-state index is -0.613. The van der Waals surface area contributed by atoms with Crippen molar-refractivity contribution >= 4 is 35.2 Å². The van der Waals surface area contributed by atoms with Crippen LogP contribution >= 0.6 is 23.5 Å². The molecule has 3 aromatic rings. The number of methoxy groups -OCH3 is 1. The summed E-state index contributed by atoms with van der Waals surface area (Å²) in [5.74, 6) is -1.08. The number of ether oxygens (including phenoxy) is 1. The maximum atomic E-state index is 13.5. The van der Waals surface area contributed by atoms with Gasteiger partial charge < -0.3 is 14.6 Å². The molecule has 5 nitrogen and oxygen atoms in total. The van der Waals surface area contributed by atoms with E-state index in [1.165, 1.54) is 37.3 Å². The van der Waals surface area contributed by atoms with Crippen LogP contribution in [0.25, 0.3) is 11.1 Å². The Morgan fingerprint density at radius 1 is 1.25 bits per heavy atom. The Bertz CT molecular complexity index is 1050. The van der Waals surface area contributed by atoms with Gasteiger partial charge in [0.05, 0.1) is 7.11 Å². The third kappa shape index (κ3) is 4.37. The fraction of sp³-hybridized carbons (Fsp3) is 0.100. The van der Waals surface area contributed by atoms with Gasteiger partial charge in [-0.15, -0.1) is 0 Å². The number of hydrogen-bond acceptors (Lipinski definition) is 6. The van der Waals surface area contributed by atoms with Crippen molar-refractivity contribution in [3.8, 4) is 16.9 Å². The molecule has 0 saturated heterocycles. The molecule has 144 valence electrons. The lowest BCUT2D eigenvalue weighted by Crippen LogP contribution is -2.01. The van der Waals surface area contributed by atoms with Crippen LogP contribution < -0.4 is 4.72 Å². The second kappa shape index (κ2) is 8.50. The SMILES string of the molecule is COC(=O)c1ccc(NSc2cnc(Cl)c(-c3ccc(F)c(C)c3)c2)cc1O. The number of halogens is 2. The highest BCUT2D eigenvalue weighted by Gasteiger charge is 2.12. The molecule has 8 heteroatoms. The Balaban J connectivity index is 1.79. The van der Waals surface area contributed by atoms with E-state index in [1.807, 2.05) is 6.07 Å². The van der Waals surface area contributed by atoms with Crippen LogP contribution in [0.15, 0.2) is 53.6 Å². The summed E-state index contributed by atoms with van der Waals surface area (Å²) in [6.45, 7) is 1.69. The predicted molar refractivity (Wildman–Crippen MR) is 108 cm³/mol. The Morgan fingerprint density at radius 2 is 2.04 bits per heavy atom. The van der Waals surface area contributed by atoms with Crippen LogP contribution in [0, 0.1) is 12.7 Å². The molecule has 0 aliphatic heterocycles. The first-order valence-corrected chi connectivity index (χ1v) is 9.34. The Hall–Kier alpha value is -2.77. The molecule has 28 heavy (non-hydrogen) atoms. The number of nitrogens with zero attached hydrogens (tertiary/aromatic N) is 1. The lowest BCUT2D eigenvalue weighted by atomic mass is 10.1. The van der Waals surface area contributed by atoms with E-state index in [9.17, 15) is 14.3 Å². The molecule has 0 spiro atoms. The summed E-state index contributed by atoms with van der Waals surface area (Å²) in [6, 6.07) is 11.1. The highest BCUT2D eigenvalue weighted by Crippen LogP contribution is 2.32. The molecule has 0 amide bonds. The van der Waals surface area contributed by atoms with E-state index in [0.29, 0.717) is 22.0 Å². The molecular formula is C20H16ClFN2O3S. The molecule has 1 heterocycles. The van der Waals surface area contributed by atoms with Crippen molar-refractivity contribution in [2.75, 3.05) is 11.8 Å². The fourth-order valence-electron chi connectivity index (χ4n) is 2.49. The largest absolute Gasteiger partial charge is 0.507 e. The highest BCUT2D eigenvalue weighted by molar-refractivity contribution is 8.00. The number of phenolic OH excluding ortho intramolecular Hbond substituents is 1. The lowest BCUT2D eigenvalue weighted by molar-refractivity contribution is 0.0597. The second-order valence-electron chi connectivity index (χ2n) is 5.90. The van der Waals surface area contributed by atoms with Crippen molar-refractivity contribution < 1.29 is 19.0 Å². The van der Waals surface area contributed by atoms with Gasteiger partial charge in [-0.25, -0.2) is 14.2 Å². The normalized spacial score (nSPS) is 10.6. The zero-order valence-corrected chi connectivity index (χ0v) is 16.6. The number of rotatable bonds is 5. The molecule has 0 unspecified atom stereocenters. The molecule has 0 saturated carbocycles. The van der Waals surface area contributed by atoms with Crippen molar-refractivity contribution in [1.82, 2.24) is 4.98 Å². The minimum absolute atomic E-state index is 0.0835. The number of hydrogen-bond donors (Lipinski definition) is 2. The second-order valence-corrected chi connectivity index (χ2v) is 7.14. The van der Waals surface area contributed by atoms with Crippen molar-refractivity contribution in [1.29, 1.82) is 0 Å². The standard InChI is InChI=1S/C20H16ClFN2O3S/c1-11-7-12(3-6-17(11)22)16-9-14(10-23-19(16)21)28-24-13-4-5-15(18(25)8-13)20(26)27-2/h3-10,24-25H,1-2H3. The maximum absolute atomic E-state index is 13.5. The quantitative estimate of drug-likeness (QED) is 0.325. The van der Waals surface area contributed by atoms with Gasteiger partial charge in [0, 0.05) is 28.4 Å². The maximum Gasteiger partial charge on any atom is 0.341 e. The van der Waals surface area contributed by atoms with E-state index in [-0.39, 0.29) is 17.1 Å². The number of carbonyl (C=O) groups is 1. The van der Waals surface area contributed by atoms with Gasteiger partial charge in [0.25, 0.3) is 0 Å². The first-order chi connectivity index (χ1) is 13.4. The lowest BCUT2D eigenvalue weighted by Gasteiger charge is -2.10. The number of carbonyl (C=O) groups excluding carboxylic acids is 1. The van der Waals surface area contributed by atoms with Crippen molar-refractivity contribution in [2.45, 2.75) is 11.8 Å². The first-order valence-electron chi connectivity index (χ1n) is 8.15. The van der Waals surface area contributed by atoms with E-state index in [4.69, 9.17) is 11.6 Å². The van der Waals surface area contributed by atoms with Gasteiger partial charge in [-0.2, -0.15) is 0 Å². The number of pyridine rings is 1. The molecule has 0 atom stereocenters. The molecule has 0 aliphatic carbocycles. The fourth-order valence-corrected chi connectivity index (χ4v) is 3.35. The number of nitrogens with one attached hydrogen (secondary N) is 1. The third-order valence-corrected chi connectivity index (χ3v) is 5.07. The minimum Gasteiger partial charge on any atom is -0.507 e. The summed E-state index contributed by atoms with van der Waals surface area (Å²) in [7, 11) is 1.25. The van der Waals surface area contributed by atoms with Crippen LogP contribution in [-0.2, 0) is 4.74 Å². The Morgan fingerprint density at radius 3 is 2.71 bits per heavy atom. The number of aromatic nitrogens is 1. The molecular weight excluding hydrogens is 403 g/mol. The average Bonchev–Trinajstić information content (AvgIpc) is 2.69. The molecule has 0 aliphatic rings. The number of aryl methyl sites for hydroxylation is 1. The van der Waals surface area contributed by atoms with E-state index < -0.39 is 5.97 Å². The van der Waals surface area contributed by atoms with Crippen LogP contribution in [0.5, 0.6) is 5.75 Å². The summed E-state index contributed by atoms with van der Waals surface area (Å²) >= 11 is 7.46. The van der Waals surface area contributed by atoms with Crippen molar-refractivity contribution in [3.05, 3.63) is 70.8 Å². The van der Waals surface area contributed by atoms with Crippen LogP contribution in [0.4, 0.5) is 10.1 Å². The molecule has 2 N–H and O–H groups in total. The van der Waals surface area contributed by atoms with Gasteiger partial charge in [0.2, 0.25) is 0 Å². The summed E-state index contributed by atoms with van der Waals surface area (Å²) in [5.41, 5.74) is 2.63. The van der Waals surface area contributed by atoms with E-state index in [1.54, 1.807) is 31.3 Å². The highest BCUT2D eigenvalue weighted by atomic mass is 35.5. The van der Waals surface area contributed by atoms with Crippen LogP contribution in [0.2, 0.25) is 5.15 Å². The number of aromatic hydroxyl groups is 1. The molecule has 0 radical (unpaired) electrons. The Labute approximate surface area is 170 Å². The smallest absolute Gasteiger partial charge is 0.341 e.